The van der Waals surface area contributed by atoms with Crippen LogP contribution < -0.4 is 5.32 Å². The van der Waals surface area contributed by atoms with Gasteiger partial charge in [-0.3, -0.25) is 4.79 Å². The number of nitrogens with one attached hydrogen (secondary N) is 1. The molecule has 6 heteroatoms. The summed E-state index contributed by atoms with van der Waals surface area (Å²) in [7, 11) is 0. The van der Waals surface area contributed by atoms with Crippen LogP contribution in [0.25, 0.3) is 0 Å². The lowest BCUT2D eigenvalue weighted by molar-refractivity contribution is -0.142. The third kappa shape index (κ3) is 4.39. The van der Waals surface area contributed by atoms with E-state index in [1.165, 1.54) is 11.3 Å². The van der Waals surface area contributed by atoms with E-state index >= 15 is 0 Å². The molecule has 0 saturated carbocycles. The van der Waals surface area contributed by atoms with Gasteiger partial charge < -0.3 is 10.4 Å². The lowest BCUT2D eigenvalue weighted by Gasteiger charge is -2.16. The maximum Gasteiger partial charge on any atom is 0.330 e. The number of hydrogen-bond donors (Lipinski definition) is 2. The predicted octanol–water partition coefficient (Wildman–Crippen LogP) is 2.81. The van der Waals surface area contributed by atoms with Gasteiger partial charge in [0, 0.05) is 5.38 Å². The lowest BCUT2D eigenvalue weighted by atomic mass is 10.0. The molecule has 0 bridgehead atoms. The topological polar surface area (TPSA) is 79.3 Å². The number of carbonyl (C=O) groups excluding carboxylic acids is 1. The molecule has 0 aliphatic heterocycles. The average Bonchev–Trinajstić information content (AvgIpc) is 2.95. The van der Waals surface area contributed by atoms with Crippen LogP contribution in [0.3, 0.4) is 0 Å². The van der Waals surface area contributed by atoms with Crippen LogP contribution in [-0.4, -0.2) is 22.0 Å². The Morgan fingerprint density at radius 2 is 2.04 bits per heavy atom. The van der Waals surface area contributed by atoms with Crippen molar-refractivity contribution in [3.05, 3.63) is 51.0 Å². The first kappa shape index (κ1) is 17.1. The number of carboxylic acids is 1. The second-order valence-electron chi connectivity index (χ2n) is 5.45. The molecule has 2 rings (SSSR count). The standard InChI is InChI=1S/C17H20N2O3S/c1-4-15-18-13(9-23-15)8-14(20)19-16(17(21)22)12-6-5-10(2)11(3)7-12/h5-7,9,16H,4,8H2,1-3H3,(H,19,20)(H,21,22). The number of thiazole rings is 1. The summed E-state index contributed by atoms with van der Waals surface area (Å²) in [5, 5.41) is 14.8. The van der Waals surface area contributed by atoms with Gasteiger partial charge in [0.15, 0.2) is 6.04 Å². The SMILES string of the molecule is CCc1nc(CC(=O)NC(C(=O)O)c2ccc(C)c(C)c2)cs1. The van der Waals surface area contributed by atoms with Crippen molar-refractivity contribution in [2.75, 3.05) is 0 Å². The van der Waals surface area contributed by atoms with Gasteiger partial charge in [-0.2, -0.15) is 0 Å². The third-order valence-corrected chi connectivity index (χ3v) is 4.70. The molecular formula is C17H20N2O3S. The molecule has 1 aromatic carbocycles. The van der Waals surface area contributed by atoms with Crippen LogP contribution in [0.5, 0.6) is 0 Å². The summed E-state index contributed by atoms with van der Waals surface area (Å²) in [5.41, 5.74) is 3.32. The van der Waals surface area contributed by atoms with Gasteiger partial charge in [-0.25, -0.2) is 9.78 Å². The summed E-state index contributed by atoms with van der Waals surface area (Å²) in [5.74, 6) is -1.42. The summed E-state index contributed by atoms with van der Waals surface area (Å²) in [6.45, 7) is 5.88. The zero-order valence-corrected chi connectivity index (χ0v) is 14.2. The van der Waals surface area contributed by atoms with Crippen LogP contribution >= 0.6 is 11.3 Å². The average molecular weight is 332 g/mol. The van der Waals surface area contributed by atoms with Crippen molar-refractivity contribution in [3.63, 3.8) is 0 Å². The number of nitrogens with zero attached hydrogens (tertiary/aromatic N) is 1. The third-order valence-electron chi connectivity index (χ3n) is 3.66. The Morgan fingerprint density at radius 1 is 1.30 bits per heavy atom. The molecule has 122 valence electrons. The zero-order chi connectivity index (χ0) is 17.0. The van der Waals surface area contributed by atoms with E-state index < -0.39 is 12.0 Å². The Labute approximate surface area is 139 Å². The van der Waals surface area contributed by atoms with Gasteiger partial charge in [0.05, 0.1) is 17.1 Å². The van der Waals surface area contributed by atoms with Crippen molar-refractivity contribution in [1.29, 1.82) is 0 Å². The summed E-state index contributed by atoms with van der Waals surface area (Å²) < 4.78 is 0. The van der Waals surface area contributed by atoms with Gasteiger partial charge in [0.2, 0.25) is 5.91 Å². The van der Waals surface area contributed by atoms with Gasteiger partial charge in [0.25, 0.3) is 0 Å². The van der Waals surface area contributed by atoms with E-state index in [0.29, 0.717) is 11.3 Å². The second-order valence-corrected chi connectivity index (χ2v) is 6.39. The van der Waals surface area contributed by atoms with Crippen molar-refractivity contribution < 1.29 is 14.7 Å². The molecule has 23 heavy (non-hydrogen) atoms. The van der Waals surface area contributed by atoms with E-state index in [9.17, 15) is 14.7 Å². The van der Waals surface area contributed by atoms with Crippen molar-refractivity contribution in [2.45, 2.75) is 39.7 Å². The number of rotatable bonds is 6. The van der Waals surface area contributed by atoms with Gasteiger partial charge >= 0.3 is 5.97 Å². The maximum absolute atomic E-state index is 12.1. The minimum atomic E-state index is -1.07. The Hall–Kier alpha value is -2.21. The van der Waals surface area contributed by atoms with Crippen LogP contribution in [0.4, 0.5) is 0 Å². The number of aryl methyl sites for hydroxylation is 3. The zero-order valence-electron chi connectivity index (χ0n) is 13.4. The van der Waals surface area contributed by atoms with Crippen molar-refractivity contribution in [1.82, 2.24) is 10.3 Å². The first-order valence-electron chi connectivity index (χ1n) is 7.43. The molecule has 5 nitrogen and oxygen atoms in total. The number of carbonyl (C=O) groups is 2. The molecule has 1 aromatic heterocycles. The first-order valence-corrected chi connectivity index (χ1v) is 8.31. The second kappa shape index (κ2) is 7.37. The summed E-state index contributed by atoms with van der Waals surface area (Å²) in [4.78, 5) is 28.0. The number of hydrogen-bond acceptors (Lipinski definition) is 4. The van der Waals surface area contributed by atoms with Crippen LogP contribution in [-0.2, 0) is 22.4 Å². The number of amides is 1. The lowest BCUT2D eigenvalue weighted by Crippen LogP contribution is -2.34. The molecular weight excluding hydrogens is 312 g/mol. The molecule has 0 radical (unpaired) electrons. The van der Waals surface area contributed by atoms with Gasteiger partial charge in [0.1, 0.15) is 0 Å². The highest BCUT2D eigenvalue weighted by Crippen LogP contribution is 2.18. The Bertz CT molecular complexity index is 724. The van der Waals surface area contributed by atoms with Gasteiger partial charge in [-0.05, 0) is 37.0 Å². The van der Waals surface area contributed by atoms with E-state index in [1.54, 1.807) is 12.1 Å². The van der Waals surface area contributed by atoms with Crippen molar-refractivity contribution >= 4 is 23.2 Å². The highest BCUT2D eigenvalue weighted by molar-refractivity contribution is 7.09. The minimum absolute atomic E-state index is 0.0884. The van der Waals surface area contributed by atoms with E-state index in [4.69, 9.17) is 0 Å². The fraction of sp³-hybridized carbons (Fsp3) is 0.353. The molecule has 1 heterocycles. The number of carboxylic acid groups (broad SMARTS) is 1. The molecule has 1 amide bonds. The smallest absolute Gasteiger partial charge is 0.330 e. The molecule has 1 atom stereocenters. The molecule has 0 fully saturated rings. The predicted molar refractivity (Wildman–Crippen MR) is 89.6 cm³/mol. The number of aromatic nitrogens is 1. The van der Waals surface area contributed by atoms with Gasteiger partial charge in [-0.15, -0.1) is 11.3 Å². The molecule has 0 aliphatic rings. The van der Waals surface area contributed by atoms with Gasteiger partial charge in [-0.1, -0.05) is 25.1 Å². The summed E-state index contributed by atoms with van der Waals surface area (Å²) in [6.07, 6.45) is 0.914. The number of aliphatic carboxylic acids is 1. The Morgan fingerprint density at radius 3 is 2.61 bits per heavy atom. The Kier molecular flexibility index (Phi) is 5.50. The van der Waals surface area contributed by atoms with E-state index in [0.717, 1.165) is 22.6 Å². The number of benzene rings is 1. The quantitative estimate of drug-likeness (QED) is 0.852. The van der Waals surface area contributed by atoms with E-state index in [-0.39, 0.29) is 12.3 Å². The largest absolute Gasteiger partial charge is 0.479 e. The highest BCUT2D eigenvalue weighted by atomic mass is 32.1. The normalized spacial score (nSPS) is 12.0. The van der Waals surface area contributed by atoms with Crippen LogP contribution in [0, 0.1) is 13.8 Å². The van der Waals surface area contributed by atoms with Crippen LogP contribution in [0.2, 0.25) is 0 Å². The Balaban J connectivity index is 2.10. The van der Waals surface area contributed by atoms with Crippen LogP contribution in [0.1, 0.15) is 40.4 Å². The van der Waals surface area contributed by atoms with Crippen LogP contribution in [0.15, 0.2) is 23.6 Å². The van der Waals surface area contributed by atoms with E-state index in [1.807, 2.05) is 32.2 Å². The highest BCUT2D eigenvalue weighted by Gasteiger charge is 2.22. The minimum Gasteiger partial charge on any atom is -0.479 e. The molecule has 2 aromatic rings. The first-order chi connectivity index (χ1) is 10.9. The summed E-state index contributed by atoms with van der Waals surface area (Å²) >= 11 is 1.51. The molecule has 1 unspecified atom stereocenters. The summed E-state index contributed by atoms with van der Waals surface area (Å²) in [6, 6.07) is 4.35. The fourth-order valence-electron chi connectivity index (χ4n) is 2.20. The maximum atomic E-state index is 12.1. The fourth-order valence-corrected chi connectivity index (χ4v) is 2.95. The van der Waals surface area contributed by atoms with Crippen molar-refractivity contribution in [3.8, 4) is 0 Å². The van der Waals surface area contributed by atoms with E-state index in [2.05, 4.69) is 10.3 Å². The molecule has 0 aliphatic carbocycles. The van der Waals surface area contributed by atoms with Crippen molar-refractivity contribution in [2.24, 2.45) is 0 Å². The molecule has 2 N–H and O–H groups in total. The molecule has 0 saturated heterocycles. The monoisotopic (exact) mass is 332 g/mol. The molecule has 0 spiro atoms.